The molecule has 0 bridgehead atoms. The number of rotatable bonds is 7. The number of methoxy groups -OCH3 is 1. The van der Waals surface area contributed by atoms with E-state index < -0.39 is 0 Å². The lowest BCUT2D eigenvalue weighted by Crippen LogP contribution is -2.15. The SMILES string of the molecule is COc1ccc(-c2oc3ccccc3c(=O)c2OCCOc2ccc(C)cc2)cc1Br. The van der Waals surface area contributed by atoms with Crippen molar-refractivity contribution >= 4 is 26.9 Å². The Labute approximate surface area is 188 Å². The van der Waals surface area contributed by atoms with Crippen LogP contribution in [-0.4, -0.2) is 20.3 Å². The van der Waals surface area contributed by atoms with E-state index in [2.05, 4.69) is 15.9 Å². The zero-order valence-corrected chi connectivity index (χ0v) is 18.8. The zero-order valence-electron chi connectivity index (χ0n) is 17.2. The highest BCUT2D eigenvalue weighted by molar-refractivity contribution is 9.10. The fourth-order valence-corrected chi connectivity index (χ4v) is 3.73. The minimum Gasteiger partial charge on any atom is -0.496 e. The van der Waals surface area contributed by atoms with Gasteiger partial charge in [0.25, 0.3) is 0 Å². The summed E-state index contributed by atoms with van der Waals surface area (Å²) in [5.74, 6) is 1.95. The molecule has 5 nitrogen and oxygen atoms in total. The summed E-state index contributed by atoms with van der Waals surface area (Å²) in [7, 11) is 1.60. The van der Waals surface area contributed by atoms with Crippen molar-refractivity contribution in [1.29, 1.82) is 0 Å². The van der Waals surface area contributed by atoms with Crippen LogP contribution < -0.4 is 19.6 Å². The van der Waals surface area contributed by atoms with Gasteiger partial charge in [-0.05, 0) is 65.3 Å². The molecule has 1 aromatic heterocycles. The van der Waals surface area contributed by atoms with Gasteiger partial charge in [-0.1, -0.05) is 29.8 Å². The van der Waals surface area contributed by atoms with Crippen LogP contribution in [0.5, 0.6) is 17.2 Å². The van der Waals surface area contributed by atoms with Crippen LogP contribution in [0.3, 0.4) is 0 Å². The van der Waals surface area contributed by atoms with Crippen LogP contribution in [0.4, 0.5) is 0 Å². The van der Waals surface area contributed by atoms with Crippen molar-refractivity contribution in [2.45, 2.75) is 6.92 Å². The number of fused-ring (bicyclic) bond motifs is 1. The van der Waals surface area contributed by atoms with Crippen LogP contribution in [0.15, 0.2) is 80.4 Å². The summed E-state index contributed by atoms with van der Waals surface area (Å²) in [6.07, 6.45) is 0. The molecule has 0 saturated carbocycles. The van der Waals surface area contributed by atoms with Crippen molar-refractivity contribution in [2.24, 2.45) is 0 Å². The molecule has 158 valence electrons. The quantitative estimate of drug-likeness (QED) is 0.303. The lowest BCUT2D eigenvalue weighted by molar-refractivity contribution is 0.214. The van der Waals surface area contributed by atoms with E-state index in [4.69, 9.17) is 18.6 Å². The second-order valence-electron chi connectivity index (χ2n) is 6.94. The molecular weight excluding hydrogens is 460 g/mol. The van der Waals surface area contributed by atoms with Gasteiger partial charge < -0.3 is 18.6 Å². The first-order chi connectivity index (χ1) is 15.1. The largest absolute Gasteiger partial charge is 0.496 e. The van der Waals surface area contributed by atoms with Gasteiger partial charge in [-0.2, -0.15) is 0 Å². The van der Waals surface area contributed by atoms with Gasteiger partial charge in [-0.25, -0.2) is 0 Å². The number of hydrogen-bond acceptors (Lipinski definition) is 5. The molecule has 6 heteroatoms. The minimum atomic E-state index is -0.223. The zero-order chi connectivity index (χ0) is 21.8. The molecule has 0 radical (unpaired) electrons. The minimum absolute atomic E-state index is 0.156. The smallest absolute Gasteiger partial charge is 0.235 e. The van der Waals surface area contributed by atoms with Crippen molar-refractivity contribution < 1.29 is 18.6 Å². The van der Waals surface area contributed by atoms with Crippen LogP contribution in [-0.2, 0) is 0 Å². The number of ether oxygens (including phenoxy) is 3. The van der Waals surface area contributed by atoms with Crippen LogP contribution >= 0.6 is 15.9 Å². The maximum absolute atomic E-state index is 13.2. The van der Waals surface area contributed by atoms with E-state index in [9.17, 15) is 4.79 Å². The second-order valence-corrected chi connectivity index (χ2v) is 7.80. The normalized spacial score (nSPS) is 10.8. The molecule has 0 aliphatic carbocycles. The monoisotopic (exact) mass is 480 g/mol. The van der Waals surface area contributed by atoms with Gasteiger partial charge in [0.15, 0.2) is 5.76 Å². The molecule has 0 aliphatic rings. The average molecular weight is 481 g/mol. The Balaban J connectivity index is 1.65. The van der Waals surface area contributed by atoms with E-state index in [0.717, 1.165) is 15.8 Å². The summed E-state index contributed by atoms with van der Waals surface area (Å²) in [4.78, 5) is 13.2. The van der Waals surface area contributed by atoms with E-state index in [-0.39, 0.29) is 17.8 Å². The molecule has 1 heterocycles. The predicted molar refractivity (Wildman–Crippen MR) is 124 cm³/mol. The summed E-state index contributed by atoms with van der Waals surface area (Å²) >= 11 is 3.49. The summed E-state index contributed by atoms with van der Waals surface area (Å²) in [6, 6.07) is 20.4. The number of halogens is 1. The standard InChI is InChI=1S/C25H21BrO5/c1-16-7-10-18(11-8-16)29-13-14-30-25-23(27)19-5-3-4-6-21(19)31-24(25)17-9-12-22(28-2)20(26)15-17/h3-12,15H,13-14H2,1-2H3. The topological polar surface area (TPSA) is 57.9 Å². The van der Waals surface area contributed by atoms with Crippen LogP contribution in [0, 0.1) is 6.92 Å². The Hall–Kier alpha value is -3.25. The maximum atomic E-state index is 13.2. The third kappa shape index (κ3) is 4.59. The Morgan fingerprint density at radius 3 is 2.42 bits per heavy atom. The van der Waals surface area contributed by atoms with Crippen molar-refractivity contribution in [3.63, 3.8) is 0 Å². The number of benzene rings is 3. The number of para-hydroxylation sites is 1. The highest BCUT2D eigenvalue weighted by atomic mass is 79.9. The highest BCUT2D eigenvalue weighted by Gasteiger charge is 2.18. The molecule has 0 unspecified atom stereocenters. The molecule has 3 aromatic carbocycles. The van der Waals surface area contributed by atoms with Crippen molar-refractivity contribution in [1.82, 2.24) is 0 Å². The molecule has 0 aliphatic heterocycles. The van der Waals surface area contributed by atoms with Gasteiger partial charge in [0.2, 0.25) is 11.2 Å². The Kier molecular flexibility index (Phi) is 6.28. The lowest BCUT2D eigenvalue weighted by Gasteiger charge is -2.13. The van der Waals surface area contributed by atoms with E-state index in [1.165, 1.54) is 0 Å². The van der Waals surface area contributed by atoms with Gasteiger partial charge in [0.1, 0.15) is 30.3 Å². The lowest BCUT2D eigenvalue weighted by atomic mass is 10.1. The van der Waals surface area contributed by atoms with E-state index in [0.29, 0.717) is 34.6 Å². The summed E-state index contributed by atoms with van der Waals surface area (Å²) in [6.45, 7) is 2.51. The van der Waals surface area contributed by atoms with Gasteiger partial charge in [0, 0.05) is 5.56 Å². The molecule has 0 saturated heterocycles. The molecule has 0 spiro atoms. The fourth-order valence-electron chi connectivity index (χ4n) is 3.19. The molecule has 4 rings (SSSR count). The van der Waals surface area contributed by atoms with Crippen molar-refractivity contribution in [2.75, 3.05) is 20.3 Å². The van der Waals surface area contributed by atoms with Gasteiger partial charge in [-0.3, -0.25) is 4.79 Å². The molecular formula is C25H21BrO5. The first-order valence-electron chi connectivity index (χ1n) is 9.79. The van der Waals surface area contributed by atoms with Crippen molar-refractivity contribution in [3.8, 4) is 28.6 Å². The van der Waals surface area contributed by atoms with Crippen molar-refractivity contribution in [3.05, 3.63) is 87.0 Å². The first kappa shape index (κ1) is 21.0. The van der Waals surface area contributed by atoms with Crippen LogP contribution in [0.1, 0.15) is 5.56 Å². The van der Waals surface area contributed by atoms with E-state index in [1.54, 1.807) is 31.4 Å². The summed E-state index contributed by atoms with van der Waals surface area (Å²) in [5, 5.41) is 0.466. The Morgan fingerprint density at radius 2 is 1.68 bits per heavy atom. The second kappa shape index (κ2) is 9.27. The Morgan fingerprint density at radius 1 is 0.935 bits per heavy atom. The Bertz CT molecular complexity index is 1260. The first-order valence-corrected chi connectivity index (χ1v) is 10.6. The number of aryl methyl sites for hydroxylation is 1. The van der Waals surface area contributed by atoms with E-state index in [1.807, 2.05) is 49.4 Å². The number of hydrogen-bond donors (Lipinski definition) is 0. The highest BCUT2D eigenvalue weighted by Crippen LogP contribution is 2.35. The van der Waals surface area contributed by atoms with Crippen LogP contribution in [0.2, 0.25) is 0 Å². The molecule has 31 heavy (non-hydrogen) atoms. The molecule has 4 aromatic rings. The molecule has 0 N–H and O–H groups in total. The maximum Gasteiger partial charge on any atom is 0.235 e. The predicted octanol–water partition coefficient (Wildman–Crippen LogP) is 6.00. The van der Waals surface area contributed by atoms with Crippen LogP contribution in [0.25, 0.3) is 22.3 Å². The summed E-state index contributed by atoms with van der Waals surface area (Å²) < 4.78 is 23.8. The van der Waals surface area contributed by atoms with E-state index >= 15 is 0 Å². The van der Waals surface area contributed by atoms with Gasteiger partial charge >= 0.3 is 0 Å². The third-order valence-electron chi connectivity index (χ3n) is 4.79. The molecule has 0 amide bonds. The molecule has 0 atom stereocenters. The van der Waals surface area contributed by atoms with Gasteiger partial charge in [-0.15, -0.1) is 0 Å². The third-order valence-corrected chi connectivity index (χ3v) is 5.41. The summed E-state index contributed by atoms with van der Waals surface area (Å²) in [5.41, 5.74) is 2.13. The average Bonchev–Trinajstić information content (AvgIpc) is 2.79. The van der Waals surface area contributed by atoms with Gasteiger partial charge in [0.05, 0.1) is 17.0 Å². The molecule has 0 fully saturated rings. The fraction of sp³-hybridized carbons (Fsp3) is 0.160.